The van der Waals surface area contributed by atoms with Crippen LogP contribution in [0.25, 0.3) is 0 Å². The molecule has 1 N–H and O–H groups in total. The van der Waals surface area contributed by atoms with Gasteiger partial charge in [-0.25, -0.2) is 15.2 Å². The fraction of sp³-hybridized carbons (Fsp3) is 0.462. The summed E-state index contributed by atoms with van der Waals surface area (Å²) in [5.74, 6) is -0.573. The van der Waals surface area contributed by atoms with Crippen molar-refractivity contribution in [2.75, 3.05) is 6.54 Å². The molecule has 2 amide bonds. The summed E-state index contributed by atoms with van der Waals surface area (Å²) in [6.07, 6.45) is 2.54. The van der Waals surface area contributed by atoms with Crippen molar-refractivity contribution in [1.82, 2.24) is 10.4 Å². The molecule has 6 nitrogen and oxygen atoms in total. The van der Waals surface area contributed by atoms with Gasteiger partial charge in [-0.2, -0.15) is 0 Å². The van der Waals surface area contributed by atoms with Crippen LogP contribution in [0.3, 0.4) is 0 Å². The normalized spacial score (nSPS) is 18.4. The minimum Gasteiger partial charge on any atom is -0.441 e. The summed E-state index contributed by atoms with van der Waals surface area (Å²) in [5.41, 5.74) is 4.30. The molecule has 3 rings (SSSR count). The van der Waals surface area contributed by atoms with E-state index < -0.39 is 11.7 Å². The van der Waals surface area contributed by atoms with Crippen LogP contribution >= 0.6 is 0 Å². The maximum atomic E-state index is 13.5. The minimum absolute atomic E-state index is 0.203. The highest BCUT2D eigenvalue weighted by atomic mass is 16.6. The van der Waals surface area contributed by atoms with Gasteiger partial charge >= 0.3 is 6.09 Å². The Morgan fingerprint density at radius 2 is 1.72 bits per heavy atom. The Morgan fingerprint density at radius 1 is 1.09 bits per heavy atom. The molecule has 1 fully saturated rings. The van der Waals surface area contributed by atoms with E-state index in [-0.39, 0.29) is 17.9 Å². The van der Waals surface area contributed by atoms with Gasteiger partial charge in [0.25, 0.3) is 0 Å². The van der Waals surface area contributed by atoms with Crippen molar-refractivity contribution in [3.8, 4) is 0 Å². The molecule has 2 aromatic rings. The number of imide groups is 1. The molecular formula is C26H34N2O4. The quantitative estimate of drug-likeness (QED) is 0.400. The smallest absolute Gasteiger partial charge is 0.417 e. The second kappa shape index (κ2) is 11.2. The number of carbonyl (C=O) groups is 2. The standard InChI is InChI=1S/C26H34N2O4/c1-4-5-16-22(18-27-31-19-21-14-10-7-11-15-21)24(29)28-23(26(2,3)32-25(28)30)17-20-12-8-6-9-13-20/h6-15,22-23,27H,4-5,16-19H2,1-3H3/t22-,23+/m1/s1. The molecule has 172 valence electrons. The van der Waals surface area contributed by atoms with Gasteiger partial charge in [0.1, 0.15) is 5.60 Å². The fourth-order valence-corrected chi connectivity index (χ4v) is 4.03. The SMILES string of the molecule is CCCC[C@H](CNOCc1ccccc1)C(=O)N1C(=O)OC(C)(C)[C@@H]1Cc1ccccc1. The third kappa shape index (κ3) is 6.17. The Hall–Kier alpha value is -2.70. The molecule has 32 heavy (non-hydrogen) atoms. The summed E-state index contributed by atoms with van der Waals surface area (Å²) in [5, 5.41) is 0. The highest BCUT2D eigenvalue weighted by molar-refractivity contribution is 5.95. The average Bonchev–Trinajstić information content (AvgIpc) is 3.01. The molecule has 6 heteroatoms. The van der Waals surface area contributed by atoms with Gasteiger partial charge in [-0.05, 0) is 37.8 Å². The monoisotopic (exact) mass is 438 g/mol. The lowest BCUT2D eigenvalue weighted by Crippen LogP contribution is -2.49. The molecule has 0 spiro atoms. The van der Waals surface area contributed by atoms with Gasteiger partial charge in [0.05, 0.1) is 18.6 Å². The van der Waals surface area contributed by atoms with E-state index in [4.69, 9.17) is 9.57 Å². The second-order valence-electron chi connectivity index (χ2n) is 8.85. The number of hydrogen-bond acceptors (Lipinski definition) is 5. The van der Waals surface area contributed by atoms with Crippen molar-refractivity contribution in [2.45, 2.75) is 64.7 Å². The van der Waals surface area contributed by atoms with Crippen molar-refractivity contribution in [3.63, 3.8) is 0 Å². The summed E-state index contributed by atoms with van der Waals surface area (Å²) >= 11 is 0. The van der Waals surface area contributed by atoms with Crippen LogP contribution < -0.4 is 5.48 Å². The fourth-order valence-electron chi connectivity index (χ4n) is 4.03. The first-order chi connectivity index (χ1) is 15.4. The van der Waals surface area contributed by atoms with E-state index in [0.717, 1.165) is 24.0 Å². The first-order valence-electron chi connectivity index (χ1n) is 11.4. The van der Waals surface area contributed by atoms with Crippen LogP contribution in [-0.4, -0.2) is 35.1 Å². The average molecular weight is 439 g/mol. The third-order valence-corrected chi connectivity index (χ3v) is 5.94. The molecule has 1 aliphatic rings. The Morgan fingerprint density at radius 3 is 2.34 bits per heavy atom. The maximum Gasteiger partial charge on any atom is 0.417 e. The van der Waals surface area contributed by atoms with Crippen molar-refractivity contribution in [2.24, 2.45) is 5.92 Å². The van der Waals surface area contributed by atoms with E-state index in [0.29, 0.717) is 26.0 Å². The molecule has 0 radical (unpaired) electrons. The molecule has 1 heterocycles. The lowest BCUT2D eigenvalue weighted by atomic mass is 9.90. The van der Waals surface area contributed by atoms with Gasteiger partial charge in [-0.1, -0.05) is 80.4 Å². The van der Waals surface area contributed by atoms with E-state index in [1.165, 1.54) is 4.90 Å². The number of ether oxygens (including phenoxy) is 1. The van der Waals surface area contributed by atoms with E-state index in [9.17, 15) is 9.59 Å². The summed E-state index contributed by atoms with van der Waals surface area (Å²) in [6.45, 7) is 6.58. The largest absolute Gasteiger partial charge is 0.441 e. The van der Waals surface area contributed by atoms with Crippen LogP contribution in [0.2, 0.25) is 0 Å². The molecule has 0 unspecified atom stereocenters. The molecular weight excluding hydrogens is 404 g/mol. The lowest BCUT2D eigenvalue weighted by molar-refractivity contribution is -0.135. The number of unbranched alkanes of at least 4 members (excludes halogenated alkanes) is 1. The Kier molecular flexibility index (Phi) is 8.42. The first-order valence-corrected chi connectivity index (χ1v) is 11.4. The zero-order valence-corrected chi connectivity index (χ0v) is 19.3. The van der Waals surface area contributed by atoms with Crippen LogP contribution in [0.1, 0.15) is 51.2 Å². The van der Waals surface area contributed by atoms with Gasteiger partial charge in [-0.15, -0.1) is 0 Å². The van der Waals surface area contributed by atoms with Crippen molar-refractivity contribution in [3.05, 3.63) is 71.8 Å². The number of nitrogens with one attached hydrogen (secondary N) is 1. The number of hydrogen-bond donors (Lipinski definition) is 1. The minimum atomic E-state index is -0.755. The molecule has 0 bridgehead atoms. The number of nitrogens with zero attached hydrogens (tertiary/aromatic N) is 1. The summed E-state index contributed by atoms with van der Waals surface area (Å²) in [4.78, 5) is 33.2. The van der Waals surface area contributed by atoms with Crippen LogP contribution in [-0.2, 0) is 27.4 Å². The predicted molar refractivity (Wildman–Crippen MR) is 124 cm³/mol. The van der Waals surface area contributed by atoms with Crippen molar-refractivity contribution >= 4 is 12.0 Å². The Balaban J connectivity index is 1.68. The van der Waals surface area contributed by atoms with Crippen LogP contribution in [0, 0.1) is 5.92 Å². The molecule has 0 aliphatic carbocycles. The number of benzene rings is 2. The first kappa shape index (κ1) is 24.0. The van der Waals surface area contributed by atoms with E-state index in [1.807, 2.05) is 74.5 Å². The van der Waals surface area contributed by atoms with Crippen LogP contribution in [0.5, 0.6) is 0 Å². The molecule has 1 aliphatic heterocycles. The molecule has 0 saturated carbocycles. The Labute approximate surface area is 190 Å². The van der Waals surface area contributed by atoms with Crippen molar-refractivity contribution in [1.29, 1.82) is 0 Å². The van der Waals surface area contributed by atoms with E-state index in [1.54, 1.807) is 0 Å². The van der Waals surface area contributed by atoms with Crippen LogP contribution in [0.15, 0.2) is 60.7 Å². The zero-order chi connectivity index (χ0) is 23.0. The number of amides is 2. The van der Waals surface area contributed by atoms with E-state index in [2.05, 4.69) is 12.4 Å². The Bertz CT molecular complexity index is 870. The summed E-state index contributed by atoms with van der Waals surface area (Å²) < 4.78 is 5.62. The molecule has 2 aromatic carbocycles. The lowest BCUT2D eigenvalue weighted by Gasteiger charge is -2.30. The van der Waals surface area contributed by atoms with E-state index >= 15 is 0 Å². The number of rotatable bonds is 11. The maximum absolute atomic E-state index is 13.5. The highest BCUT2D eigenvalue weighted by Gasteiger charge is 2.51. The summed E-state index contributed by atoms with van der Waals surface area (Å²) in [6, 6.07) is 19.4. The van der Waals surface area contributed by atoms with Gasteiger partial charge < -0.3 is 4.74 Å². The number of carbonyl (C=O) groups excluding carboxylic acids is 2. The van der Waals surface area contributed by atoms with Crippen LogP contribution in [0.4, 0.5) is 4.79 Å². The highest BCUT2D eigenvalue weighted by Crippen LogP contribution is 2.33. The number of cyclic esters (lactones) is 1. The van der Waals surface area contributed by atoms with Gasteiger partial charge in [0.15, 0.2) is 0 Å². The van der Waals surface area contributed by atoms with Gasteiger partial charge in [0.2, 0.25) is 5.91 Å². The summed E-state index contributed by atoms with van der Waals surface area (Å²) in [7, 11) is 0. The second-order valence-corrected chi connectivity index (χ2v) is 8.85. The van der Waals surface area contributed by atoms with Crippen molar-refractivity contribution < 1.29 is 19.2 Å². The molecule has 0 aromatic heterocycles. The molecule has 2 atom stereocenters. The third-order valence-electron chi connectivity index (χ3n) is 5.94. The molecule has 1 saturated heterocycles. The zero-order valence-electron chi connectivity index (χ0n) is 19.3. The number of hydroxylamine groups is 1. The topological polar surface area (TPSA) is 67.9 Å². The van der Waals surface area contributed by atoms with Gasteiger partial charge in [0, 0.05) is 6.54 Å². The van der Waals surface area contributed by atoms with Gasteiger partial charge in [-0.3, -0.25) is 9.63 Å². The predicted octanol–water partition coefficient (Wildman–Crippen LogP) is 4.88.